The summed E-state index contributed by atoms with van der Waals surface area (Å²) in [5.74, 6) is -0.889. The molecule has 0 aromatic heterocycles. The number of hydrogen-bond donors (Lipinski definition) is 2. The van der Waals surface area contributed by atoms with Crippen LogP contribution in [0, 0.1) is 5.82 Å². The molecule has 0 aliphatic carbocycles. The highest BCUT2D eigenvalue weighted by atomic mass is 19.1. The first-order valence-electron chi connectivity index (χ1n) is 11.6. The van der Waals surface area contributed by atoms with Crippen LogP contribution < -0.4 is 5.73 Å². The molecule has 34 heavy (non-hydrogen) atoms. The Bertz CT molecular complexity index is 1090. The van der Waals surface area contributed by atoms with Gasteiger partial charge in [-0.05, 0) is 55.5 Å². The normalized spacial score (nSPS) is 20.0. The number of carbonyl (C=O) groups is 1. The summed E-state index contributed by atoms with van der Waals surface area (Å²) >= 11 is 0. The van der Waals surface area contributed by atoms with Gasteiger partial charge in [0.2, 0.25) is 5.91 Å². The van der Waals surface area contributed by atoms with Gasteiger partial charge in [-0.2, -0.15) is 0 Å². The Labute approximate surface area is 201 Å². The van der Waals surface area contributed by atoms with Gasteiger partial charge < -0.3 is 10.8 Å². The van der Waals surface area contributed by atoms with E-state index in [2.05, 4.69) is 25.6 Å². The lowest BCUT2D eigenvalue weighted by Crippen LogP contribution is -2.54. The molecule has 1 saturated heterocycles. The fourth-order valence-corrected chi connectivity index (χ4v) is 4.32. The molecule has 2 unspecified atom stereocenters. The van der Waals surface area contributed by atoms with E-state index in [1.54, 1.807) is 18.2 Å². The van der Waals surface area contributed by atoms with Gasteiger partial charge in [-0.15, -0.1) is 0 Å². The summed E-state index contributed by atoms with van der Waals surface area (Å²) in [5, 5.41) is 10.2. The lowest BCUT2D eigenvalue weighted by molar-refractivity contribution is -0.130. The van der Waals surface area contributed by atoms with Crippen molar-refractivity contribution < 1.29 is 14.3 Å². The average Bonchev–Trinajstić information content (AvgIpc) is 2.80. The molecule has 0 radical (unpaired) electrons. The van der Waals surface area contributed by atoms with Gasteiger partial charge in [0.15, 0.2) is 0 Å². The second-order valence-electron chi connectivity index (χ2n) is 8.71. The second kappa shape index (κ2) is 12.3. The van der Waals surface area contributed by atoms with Crippen molar-refractivity contribution in [2.75, 3.05) is 6.54 Å². The van der Waals surface area contributed by atoms with E-state index < -0.39 is 18.1 Å². The smallest absolute Gasteiger partial charge is 0.237 e. The summed E-state index contributed by atoms with van der Waals surface area (Å²) in [4.78, 5) is 13.6. The number of carbonyl (C=O) groups excluding carboxylic acids is 1. The number of likely N-dealkylation sites (tertiary alicyclic amines) is 1. The number of primary amides is 1. The van der Waals surface area contributed by atoms with Crippen molar-refractivity contribution in [1.82, 2.24) is 4.90 Å². The Morgan fingerprint density at radius 3 is 2.65 bits per heavy atom. The Morgan fingerprint density at radius 2 is 1.97 bits per heavy atom. The maximum atomic E-state index is 14.9. The molecule has 2 aromatic carbocycles. The van der Waals surface area contributed by atoms with E-state index in [1.807, 2.05) is 47.4 Å². The van der Waals surface area contributed by atoms with Crippen molar-refractivity contribution in [3.63, 3.8) is 0 Å². The van der Waals surface area contributed by atoms with Gasteiger partial charge in [-0.25, -0.2) is 4.39 Å². The van der Waals surface area contributed by atoms with Gasteiger partial charge in [0, 0.05) is 12.1 Å². The number of amides is 1. The standard InChI is InChI=1S/C29H33FN2O2/c1-3-4-11-24(21(2)18-22-9-6-5-7-10-22)15-16-25-14-13-23(19-26(25)30)20-32-17-8-12-27(33)28(32)29(31)34/h3-7,9-11,13-16,19,27-28,33H,1,8,12,17-18,20H2,2H3,(H2,31,34)/b11-4-,16-15+,24-21+. The third-order valence-corrected chi connectivity index (χ3v) is 6.10. The van der Waals surface area contributed by atoms with Crippen LogP contribution in [0.15, 0.2) is 90.6 Å². The highest BCUT2D eigenvalue weighted by Gasteiger charge is 2.34. The van der Waals surface area contributed by atoms with Crippen LogP contribution in [0.5, 0.6) is 0 Å². The van der Waals surface area contributed by atoms with Gasteiger partial charge in [0.25, 0.3) is 0 Å². The van der Waals surface area contributed by atoms with E-state index in [1.165, 1.54) is 17.2 Å². The maximum Gasteiger partial charge on any atom is 0.237 e. The second-order valence-corrected chi connectivity index (χ2v) is 8.71. The summed E-state index contributed by atoms with van der Waals surface area (Å²) in [7, 11) is 0. The molecule has 1 heterocycles. The molecule has 4 nitrogen and oxygen atoms in total. The van der Waals surface area contributed by atoms with E-state index in [0.29, 0.717) is 25.1 Å². The summed E-state index contributed by atoms with van der Waals surface area (Å²) in [6.45, 7) is 6.81. The predicted molar refractivity (Wildman–Crippen MR) is 136 cm³/mol. The van der Waals surface area contributed by atoms with Crippen LogP contribution in [-0.2, 0) is 17.8 Å². The molecule has 2 aromatic rings. The molecule has 1 amide bonds. The number of halogens is 1. The van der Waals surface area contributed by atoms with Crippen molar-refractivity contribution in [1.29, 1.82) is 0 Å². The number of aliphatic hydroxyl groups excluding tert-OH is 1. The zero-order valence-electron chi connectivity index (χ0n) is 19.7. The van der Waals surface area contributed by atoms with Crippen molar-refractivity contribution >= 4 is 12.0 Å². The zero-order chi connectivity index (χ0) is 24.5. The SMILES string of the molecule is C=C\C=C/C(/C=C/c1ccc(CN2CCCC(O)C2C(N)=O)cc1F)=C(/C)Cc1ccccc1. The van der Waals surface area contributed by atoms with E-state index >= 15 is 0 Å². The summed E-state index contributed by atoms with van der Waals surface area (Å²) in [6.07, 6.45) is 10.6. The van der Waals surface area contributed by atoms with Crippen LogP contribution in [0.25, 0.3) is 6.08 Å². The molecule has 5 heteroatoms. The fourth-order valence-electron chi connectivity index (χ4n) is 4.32. The highest BCUT2D eigenvalue weighted by Crippen LogP contribution is 2.22. The molecule has 3 N–H and O–H groups in total. The van der Waals surface area contributed by atoms with E-state index in [4.69, 9.17) is 5.73 Å². The van der Waals surface area contributed by atoms with Crippen LogP contribution in [0.3, 0.4) is 0 Å². The number of piperidine rings is 1. The molecule has 1 aliphatic heterocycles. The number of rotatable bonds is 9. The molecule has 3 rings (SSSR count). The quantitative estimate of drug-likeness (QED) is 0.521. The number of hydrogen-bond acceptors (Lipinski definition) is 3. The molecule has 1 aliphatic rings. The first kappa shape index (κ1) is 25.3. The average molecular weight is 461 g/mol. The third kappa shape index (κ3) is 6.86. The van der Waals surface area contributed by atoms with Crippen LogP contribution in [0.4, 0.5) is 4.39 Å². The third-order valence-electron chi connectivity index (χ3n) is 6.10. The minimum atomic E-state index is -0.786. The molecule has 1 fully saturated rings. The number of benzene rings is 2. The molecule has 0 saturated carbocycles. The molecule has 2 atom stereocenters. The predicted octanol–water partition coefficient (Wildman–Crippen LogP) is 4.95. The van der Waals surface area contributed by atoms with Crippen LogP contribution >= 0.6 is 0 Å². The van der Waals surface area contributed by atoms with Gasteiger partial charge in [0.05, 0.1) is 6.10 Å². The van der Waals surface area contributed by atoms with Crippen molar-refractivity contribution in [2.45, 2.75) is 44.9 Å². The first-order chi connectivity index (χ1) is 16.4. The summed E-state index contributed by atoms with van der Waals surface area (Å²) in [5.41, 5.74) is 10.1. The topological polar surface area (TPSA) is 66.6 Å². The van der Waals surface area contributed by atoms with Gasteiger partial charge >= 0.3 is 0 Å². The number of allylic oxidation sites excluding steroid dienone is 6. The van der Waals surface area contributed by atoms with Crippen molar-refractivity contribution in [3.05, 3.63) is 113 Å². The summed E-state index contributed by atoms with van der Waals surface area (Å²) in [6, 6.07) is 14.5. The van der Waals surface area contributed by atoms with Gasteiger partial charge in [-0.1, -0.05) is 85.0 Å². The highest BCUT2D eigenvalue weighted by molar-refractivity contribution is 5.80. The number of aliphatic hydroxyl groups is 1. The summed E-state index contributed by atoms with van der Waals surface area (Å²) < 4.78 is 14.9. The van der Waals surface area contributed by atoms with Crippen LogP contribution in [0.2, 0.25) is 0 Å². The van der Waals surface area contributed by atoms with Gasteiger partial charge in [0.1, 0.15) is 11.9 Å². The molecular formula is C29H33FN2O2. The minimum absolute atomic E-state index is 0.338. The number of nitrogens with zero attached hydrogens (tertiary/aromatic N) is 1. The van der Waals surface area contributed by atoms with Crippen LogP contribution in [0.1, 0.15) is 36.5 Å². The molecular weight excluding hydrogens is 427 g/mol. The fraction of sp³-hybridized carbons (Fsp3) is 0.276. The Morgan fingerprint density at radius 1 is 1.21 bits per heavy atom. The Balaban J connectivity index is 1.78. The van der Waals surface area contributed by atoms with Crippen LogP contribution in [-0.4, -0.2) is 34.6 Å². The molecule has 0 bridgehead atoms. The lowest BCUT2D eigenvalue weighted by Gasteiger charge is -2.37. The zero-order valence-corrected chi connectivity index (χ0v) is 19.7. The van der Waals surface area contributed by atoms with E-state index in [-0.39, 0.29) is 5.82 Å². The molecule has 0 spiro atoms. The van der Waals surface area contributed by atoms with Crippen molar-refractivity contribution in [2.24, 2.45) is 5.73 Å². The Kier molecular flexibility index (Phi) is 9.14. The van der Waals surface area contributed by atoms with Gasteiger partial charge in [-0.3, -0.25) is 9.69 Å². The monoisotopic (exact) mass is 460 g/mol. The number of nitrogens with two attached hydrogens (primary N) is 1. The minimum Gasteiger partial charge on any atom is -0.391 e. The Hall–Kier alpha value is -3.28. The molecule has 178 valence electrons. The first-order valence-corrected chi connectivity index (χ1v) is 11.6. The van der Waals surface area contributed by atoms with E-state index in [0.717, 1.165) is 24.0 Å². The van der Waals surface area contributed by atoms with Crippen molar-refractivity contribution in [3.8, 4) is 0 Å². The maximum absolute atomic E-state index is 14.9. The lowest BCUT2D eigenvalue weighted by atomic mass is 9.97. The largest absolute Gasteiger partial charge is 0.391 e. The van der Waals surface area contributed by atoms with E-state index in [9.17, 15) is 14.3 Å².